The Morgan fingerprint density at radius 1 is 1.17 bits per heavy atom. The molecule has 1 N–H and O–H groups in total. The van der Waals surface area contributed by atoms with E-state index in [0.717, 1.165) is 44.2 Å². The van der Waals surface area contributed by atoms with Gasteiger partial charge in [-0.2, -0.15) is 8.78 Å². The number of benzene rings is 2. The van der Waals surface area contributed by atoms with Crippen LogP contribution in [0.3, 0.4) is 0 Å². The molecule has 5 nitrogen and oxygen atoms in total. The molecule has 7 heteroatoms. The number of hydrogen-bond acceptors (Lipinski definition) is 4. The normalized spacial score (nSPS) is 15.0. The van der Waals surface area contributed by atoms with Crippen molar-refractivity contribution >= 4 is 11.9 Å². The molecule has 0 saturated carbocycles. The third-order valence-corrected chi connectivity index (χ3v) is 4.74. The Morgan fingerprint density at radius 3 is 2.55 bits per heavy atom. The van der Waals surface area contributed by atoms with Gasteiger partial charge in [-0.05, 0) is 42.0 Å². The maximum atomic E-state index is 12.6. The fourth-order valence-electron chi connectivity index (χ4n) is 3.20. The molecule has 1 saturated heterocycles. The minimum absolute atomic E-state index is 0.0777. The number of nitrogens with one attached hydrogen (secondary N) is 1. The fourth-order valence-corrected chi connectivity index (χ4v) is 3.20. The highest BCUT2D eigenvalue weighted by molar-refractivity contribution is 6.07. The van der Waals surface area contributed by atoms with Crippen LogP contribution in [0.1, 0.15) is 21.5 Å². The Bertz CT molecular complexity index is 846. The molecular weight excluding hydrogens is 380 g/mol. The van der Waals surface area contributed by atoms with Crippen LogP contribution in [0.2, 0.25) is 0 Å². The first-order valence-electron chi connectivity index (χ1n) is 9.40. The van der Waals surface area contributed by atoms with Crippen molar-refractivity contribution in [3.05, 3.63) is 65.2 Å². The monoisotopic (exact) mass is 404 g/mol. The van der Waals surface area contributed by atoms with Crippen molar-refractivity contribution in [3.63, 3.8) is 0 Å². The molecule has 0 atom stereocenters. The van der Waals surface area contributed by atoms with E-state index >= 15 is 0 Å². The van der Waals surface area contributed by atoms with Gasteiger partial charge in [0.05, 0.1) is 20.3 Å². The zero-order chi connectivity index (χ0) is 20.6. The van der Waals surface area contributed by atoms with E-state index in [2.05, 4.69) is 4.74 Å². The van der Waals surface area contributed by atoms with E-state index < -0.39 is 6.61 Å². The number of morpholine rings is 1. The zero-order valence-electron chi connectivity index (χ0n) is 16.2. The average Bonchev–Trinajstić information content (AvgIpc) is 2.73. The number of quaternary nitrogens is 1. The Hall–Kier alpha value is -2.77. The van der Waals surface area contributed by atoms with Gasteiger partial charge in [0.2, 0.25) is 0 Å². The number of carbonyl (C=O) groups is 1. The Morgan fingerprint density at radius 2 is 1.90 bits per heavy atom. The van der Waals surface area contributed by atoms with E-state index in [4.69, 9.17) is 9.47 Å². The van der Waals surface area contributed by atoms with Gasteiger partial charge >= 0.3 is 6.61 Å². The summed E-state index contributed by atoms with van der Waals surface area (Å²) >= 11 is 0. The lowest BCUT2D eigenvalue weighted by molar-refractivity contribution is -0.921. The molecule has 0 spiro atoms. The highest BCUT2D eigenvalue weighted by Crippen LogP contribution is 2.20. The van der Waals surface area contributed by atoms with E-state index in [9.17, 15) is 13.6 Å². The van der Waals surface area contributed by atoms with Gasteiger partial charge < -0.3 is 19.1 Å². The SMILES string of the molecule is COc1ccc(C(=O)/C=C/c2ccc(OC(F)F)cc2)cc1C[NH+]1CCOCC1. The molecule has 1 aliphatic heterocycles. The first-order valence-corrected chi connectivity index (χ1v) is 9.40. The molecule has 2 aromatic carbocycles. The summed E-state index contributed by atoms with van der Waals surface area (Å²) in [5.74, 6) is 0.701. The predicted molar refractivity (Wildman–Crippen MR) is 105 cm³/mol. The Balaban J connectivity index is 1.69. The Labute approximate surface area is 168 Å². The van der Waals surface area contributed by atoms with E-state index in [-0.39, 0.29) is 11.5 Å². The molecule has 154 valence electrons. The van der Waals surface area contributed by atoms with Crippen molar-refractivity contribution in [3.8, 4) is 11.5 Å². The van der Waals surface area contributed by atoms with Gasteiger partial charge in [-0.15, -0.1) is 0 Å². The van der Waals surface area contributed by atoms with Crippen LogP contribution in [0, 0.1) is 0 Å². The van der Waals surface area contributed by atoms with Gasteiger partial charge in [-0.25, -0.2) is 0 Å². The van der Waals surface area contributed by atoms with Crippen LogP contribution < -0.4 is 14.4 Å². The summed E-state index contributed by atoms with van der Waals surface area (Å²) in [6, 6.07) is 11.5. The number of allylic oxidation sites excluding steroid dienone is 1. The number of carbonyl (C=O) groups excluding carboxylic acids is 1. The van der Waals surface area contributed by atoms with Gasteiger partial charge in [0.25, 0.3) is 0 Å². The summed E-state index contributed by atoms with van der Waals surface area (Å²) in [7, 11) is 1.62. The molecule has 1 fully saturated rings. The van der Waals surface area contributed by atoms with Crippen molar-refractivity contribution in [1.82, 2.24) is 0 Å². The van der Waals surface area contributed by atoms with Crippen LogP contribution in [0.15, 0.2) is 48.5 Å². The van der Waals surface area contributed by atoms with E-state index in [1.165, 1.54) is 23.1 Å². The van der Waals surface area contributed by atoms with Gasteiger partial charge in [-0.3, -0.25) is 4.79 Å². The summed E-state index contributed by atoms with van der Waals surface area (Å²) in [5.41, 5.74) is 2.27. The molecule has 0 unspecified atom stereocenters. The van der Waals surface area contributed by atoms with Crippen molar-refractivity contribution in [2.45, 2.75) is 13.2 Å². The van der Waals surface area contributed by atoms with E-state index in [1.807, 2.05) is 12.1 Å². The smallest absolute Gasteiger partial charge is 0.387 e. The molecule has 0 amide bonds. The quantitative estimate of drug-likeness (QED) is 0.543. The summed E-state index contributed by atoms with van der Waals surface area (Å²) in [6.45, 7) is 1.23. The second-order valence-electron chi connectivity index (χ2n) is 6.71. The fraction of sp³-hybridized carbons (Fsp3) is 0.318. The zero-order valence-corrected chi connectivity index (χ0v) is 16.2. The van der Waals surface area contributed by atoms with E-state index in [0.29, 0.717) is 11.1 Å². The molecule has 0 bridgehead atoms. The number of ether oxygens (including phenoxy) is 3. The second-order valence-corrected chi connectivity index (χ2v) is 6.71. The molecule has 2 aromatic rings. The maximum Gasteiger partial charge on any atom is 0.387 e. The van der Waals surface area contributed by atoms with Crippen LogP contribution in [0.25, 0.3) is 6.08 Å². The lowest BCUT2D eigenvalue weighted by Crippen LogP contribution is -3.12. The summed E-state index contributed by atoms with van der Waals surface area (Å²) < 4.78 is 39.6. The first kappa shape index (κ1) is 21.0. The van der Waals surface area contributed by atoms with Crippen LogP contribution >= 0.6 is 0 Å². The number of methoxy groups -OCH3 is 1. The minimum Gasteiger partial charge on any atom is -0.496 e. The third-order valence-electron chi connectivity index (χ3n) is 4.74. The van der Waals surface area contributed by atoms with Crippen LogP contribution in [0.4, 0.5) is 8.78 Å². The number of hydrogen-bond donors (Lipinski definition) is 1. The number of halogens is 2. The van der Waals surface area contributed by atoms with Crippen molar-refractivity contribution in [1.29, 1.82) is 0 Å². The van der Waals surface area contributed by atoms with Crippen molar-refractivity contribution < 1.29 is 32.7 Å². The predicted octanol–water partition coefficient (Wildman–Crippen LogP) is 2.61. The van der Waals surface area contributed by atoms with Crippen LogP contribution in [-0.4, -0.2) is 45.8 Å². The topological polar surface area (TPSA) is 49.2 Å². The van der Waals surface area contributed by atoms with Crippen LogP contribution in [0.5, 0.6) is 11.5 Å². The van der Waals surface area contributed by atoms with Crippen molar-refractivity contribution in [2.24, 2.45) is 0 Å². The Kier molecular flexibility index (Phi) is 7.32. The highest BCUT2D eigenvalue weighted by atomic mass is 19.3. The molecule has 1 heterocycles. The van der Waals surface area contributed by atoms with Crippen molar-refractivity contribution in [2.75, 3.05) is 33.4 Å². The maximum absolute atomic E-state index is 12.6. The number of ketones is 1. The first-order chi connectivity index (χ1) is 14.0. The van der Waals surface area contributed by atoms with Gasteiger partial charge in [0, 0.05) is 11.1 Å². The lowest BCUT2D eigenvalue weighted by Gasteiger charge is -2.24. The number of rotatable bonds is 8. The molecule has 29 heavy (non-hydrogen) atoms. The average molecular weight is 404 g/mol. The molecule has 1 aliphatic rings. The largest absolute Gasteiger partial charge is 0.496 e. The van der Waals surface area contributed by atoms with Gasteiger partial charge in [-0.1, -0.05) is 18.2 Å². The molecule has 0 radical (unpaired) electrons. The standard InChI is InChI=1S/C22H23F2NO4/c1-27-21-9-5-17(14-18(21)15-25-10-12-28-13-11-25)20(26)8-4-16-2-6-19(7-3-16)29-22(23)24/h2-9,14,22H,10-13,15H2,1H3/p+1/b8-4+. The third kappa shape index (κ3) is 6.10. The molecule has 0 aromatic heterocycles. The van der Waals surface area contributed by atoms with Gasteiger partial charge in [0.1, 0.15) is 31.1 Å². The highest BCUT2D eigenvalue weighted by Gasteiger charge is 2.18. The summed E-state index contributed by atoms with van der Waals surface area (Å²) in [5, 5.41) is 0. The molecule has 3 rings (SSSR count). The summed E-state index contributed by atoms with van der Waals surface area (Å²) in [6.07, 6.45) is 3.11. The van der Waals surface area contributed by atoms with E-state index in [1.54, 1.807) is 31.4 Å². The molecular formula is C22H24F2NO4+. The minimum atomic E-state index is -2.86. The number of alkyl halides is 2. The molecule has 0 aliphatic carbocycles. The lowest BCUT2D eigenvalue weighted by atomic mass is 10.0. The van der Waals surface area contributed by atoms with Gasteiger partial charge in [0.15, 0.2) is 5.78 Å². The summed E-state index contributed by atoms with van der Waals surface area (Å²) in [4.78, 5) is 14.0. The second kappa shape index (κ2) is 10.1. The van der Waals surface area contributed by atoms with Crippen LogP contribution in [-0.2, 0) is 11.3 Å².